The van der Waals surface area contributed by atoms with E-state index < -0.39 is 0 Å². The van der Waals surface area contributed by atoms with Gasteiger partial charge in [0.15, 0.2) is 5.82 Å². The van der Waals surface area contributed by atoms with Crippen LogP contribution in [0.3, 0.4) is 0 Å². The van der Waals surface area contributed by atoms with E-state index in [1.54, 1.807) is 19.2 Å². The van der Waals surface area contributed by atoms with E-state index in [1.807, 2.05) is 36.4 Å². The molecule has 0 aliphatic carbocycles. The highest BCUT2D eigenvalue weighted by Crippen LogP contribution is 2.30. The molecule has 0 saturated heterocycles. The third-order valence-electron chi connectivity index (χ3n) is 4.80. The lowest BCUT2D eigenvalue weighted by Crippen LogP contribution is -2.14. The van der Waals surface area contributed by atoms with Crippen molar-refractivity contribution >= 4 is 34.2 Å². The molecule has 0 aliphatic rings. The van der Waals surface area contributed by atoms with Crippen LogP contribution in [0.2, 0.25) is 5.02 Å². The van der Waals surface area contributed by atoms with Crippen LogP contribution in [0.25, 0.3) is 22.3 Å². The van der Waals surface area contributed by atoms with Crippen LogP contribution in [-0.2, 0) is 17.8 Å². The van der Waals surface area contributed by atoms with E-state index in [0.717, 1.165) is 40.1 Å². The number of benzene rings is 2. The van der Waals surface area contributed by atoms with Gasteiger partial charge >= 0.3 is 0 Å². The van der Waals surface area contributed by atoms with Crippen molar-refractivity contribution in [3.8, 4) is 17.1 Å². The summed E-state index contributed by atoms with van der Waals surface area (Å²) < 4.78 is 7.54. The molecule has 6 nitrogen and oxygen atoms in total. The number of nitrogens with one attached hydrogen (secondary N) is 2. The summed E-state index contributed by atoms with van der Waals surface area (Å²) in [5.74, 6) is 1.15. The molecule has 0 aliphatic heterocycles. The Balaban J connectivity index is 1.56. The van der Waals surface area contributed by atoms with Crippen molar-refractivity contribution < 1.29 is 9.53 Å². The van der Waals surface area contributed by atoms with E-state index >= 15 is 0 Å². The number of amides is 1. The SMILES string of the molecule is CCn1c(-c2cc(NC(=O)Cc3cccc(Cl)c3)n[nH]2)cc2ccc(OC)cc21. The summed E-state index contributed by atoms with van der Waals surface area (Å²) in [6, 6.07) is 17.2. The van der Waals surface area contributed by atoms with Gasteiger partial charge in [0, 0.05) is 29.1 Å². The number of anilines is 1. The average molecular weight is 409 g/mol. The number of aryl methyl sites for hydroxylation is 1. The predicted molar refractivity (Wildman–Crippen MR) is 116 cm³/mol. The highest BCUT2D eigenvalue weighted by atomic mass is 35.5. The molecule has 2 aromatic heterocycles. The molecule has 4 aromatic rings. The van der Waals surface area contributed by atoms with E-state index in [2.05, 4.69) is 33.1 Å². The summed E-state index contributed by atoms with van der Waals surface area (Å²) in [5, 5.41) is 11.8. The van der Waals surface area contributed by atoms with E-state index in [9.17, 15) is 4.79 Å². The summed E-state index contributed by atoms with van der Waals surface area (Å²) in [5.41, 5.74) is 3.77. The molecular weight excluding hydrogens is 388 g/mol. The fourth-order valence-electron chi connectivity index (χ4n) is 3.46. The Labute approximate surface area is 173 Å². The molecule has 2 N–H and O–H groups in total. The molecule has 7 heteroatoms. The molecule has 0 saturated carbocycles. The Bertz CT molecular complexity index is 1180. The monoisotopic (exact) mass is 408 g/mol. The van der Waals surface area contributed by atoms with Gasteiger partial charge in [-0.3, -0.25) is 9.89 Å². The van der Waals surface area contributed by atoms with E-state index in [0.29, 0.717) is 10.8 Å². The highest BCUT2D eigenvalue weighted by Gasteiger charge is 2.14. The molecule has 2 aromatic carbocycles. The number of hydrogen-bond donors (Lipinski definition) is 2. The summed E-state index contributed by atoms with van der Waals surface area (Å²) >= 11 is 5.98. The van der Waals surface area contributed by atoms with Crippen molar-refractivity contribution in [2.45, 2.75) is 19.9 Å². The first kappa shape index (κ1) is 19.1. The van der Waals surface area contributed by atoms with Crippen LogP contribution in [0.15, 0.2) is 54.6 Å². The normalized spacial score (nSPS) is 11.0. The highest BCUT2D eigenvalue weighted by molar-refractivity contribution is 6.30. The number of aromatic amines is 1. The Morgan fingerprint density at radius 1 is 1.21 bits per heavy atom. The number of methoxy groups -OCH3 is 1. The quantitative estimate of drug-likeness (QED) is 0.477. The lowest BCUT2D eigenvalue weighted by atomic mass is 10.1. The molecule has 0 unspecified atom stereocenters. The summed E-state index contributed by atoms with van der Waals surface area (Å²) in [7, 11) is 1.66. The van der Waals surface area contributed by atoms with E-state index in [1.165, 1.54) is 0 Å². The van der Waals surface area contributed by atoms with Crippen molar-refractivity contribution in [2.75, 3.05) is 12.4 Å². The van der Waals surface area contributed by atoms with Gasteiger partial charge in [0.1, 0.15) is 5.75 Å². The zero-order valence-corrected chi connectivity index (χ0v) is 17.0. The fourth-order valence-corrected chi connectivity index (χ4v) is 3.67. The standard InChI is InChI=1S/C22H21ClN4O2/c1-3-27-19-12-17(29-2)8-7-15(19)11-20(27)18-13-21(26-25-18)24-22(28)10-14-5-4-6-16(23)9-14/h4-9,11-13H,3,10H2,1-2H3,(H2,24,25,26,28). The second kappa shape index (κ2) is 8.01. The van der Waals surface area contributed by atoms with E-state index in [-0.39, 0.29) is 12.3 Å². The lowest BCUT2D eigenvalue weighted by Gasteiger charge is -2.07. The topological polar surface area (TPSA) is 71.9 Å². The Kier molecular flexibility index (Phi) is 5.27. The minimum absolute atomic E-state index is 0.147. The van der Waals surface area contributed by atoms with Gasteiger partial charge in [-0.2, -0.15) is 5.10 Å². The molecule has 1 amide bonds. The van der Waals surface area contributed by atoms with Crippen molar-refractivity contribution in [1.82, 2.24) is 14.8 Å². The van der Waals surface area contributed by atoms with Gasteiger partial charge in [0.25, 0.3) is 0 Å². The van der Waals surface area contributed by atoms with Crippen molar-refractivity contribution in [2.24, 2.45) is 0 Å². The van der Waals surface area contributed by atoms with Crippen LogP contribution in [-0.4, -0.2) is 27.8 Å². The van der Waals surface area contributed by atoms with Crippen LogP contribution < -0.4 is 10.1 Å². The maximum atomic E-state index is 12.3. The summed E-state index contributed by atoms with van der Waals surface area (Å²) in [6.45, 7) is 2.88. The third kappa shape index (κ3) is 3.98. The smallest absolute Gasteiger partial charge is 0.229 e. The van der Waals surface area contributed by atoms with Crippen LogP contribution in [0.4, 0.5) is 5.82 Å². The maximum Gasteiger partial charge on any atom is 0.229 e. The Morgan fingerprint density at radius 3 is 2.83 bits per heavy atom. The van der Waals surface area contributed by atoms with Crippen LogP contribution >= 0.6 is 11.6 Å². The molecule has 0 spiro atoms. The van der Waals surface area contributed by atoms with Gasteiger partial charge in [0.05, 0.1) is 30.4 Å². The van der Waals surface area contributed by atoms with Gasteiger partial charge in [-0.25, -0.2) is 0 Å². The lowest BCUT2D eigenvalue weighted by molar-refractivity contribution is -0.115. The molecule has 2 heterocycles. The molecule has 148 valence electrons. The first-order valence-corrected chi connectivity index (χ1v) is 9.72. The van der Waals surface area contributed by atoms with Gasteiger partial charge in [-0.1, -0.05) is 23.7 Å². The van der Waals surface area contributed by atoms with Crippen LogP contribution in [0.1, 0.15) is 12.5 Å². The number of nitrogens with zero attached hydrogens (tertiary/aromatic N) is 2. The molecular formula is C22H21ClN4O2. The number of fused-ring (bicyclic) bond motifs is 1. The first-order valence-electron chi connectivity index (χ1n) is 9.34. The fraction of sp³-hybridized carbons (Fsp3) is 0.182. The third-order valence-corrected chi connectivity index (χ3v) is 5.04. The first-order chi connectivity index (χ1) is 14.1. The van der Waals surface area contributed by atoms with Crippen LogP contribution in [0.5, 0.6) is 5.75 Å². The number of halogens is 1. The zero-order chi connectivity index (χ0) is 20.4. The minimum atomic E-state index is -0.147. The average Bonchev–Trinajstić information content (AvgIpc) is 3.31. The van der Waals surface area contributed by atoms with Crippen molar-refractivity contribution in [3.05, 3.63) is 65.2 Å². The minimum Gasteiger partial charge on any atom is -0.497 e. The van der Waals surface area contributed by atoms with E-state index in [4.69, 9.17) is 16.3 Å². The number of hydrogen-bond acceptors (Lipinski definition) is 3. The van der Waals surface area contributed by atoms with Gasteiger partial charge in [-0.05, 0) is 42.8 Å². The maximum absolute atomic E-state index is 12.3. The second-order valence-corrected chi connectivity index (χ2v) is 7.16. The van der Waals surface area contributed by atoms with Crippen molar-refractivity contribution in [3.63, 3.8) is 0 Å². The number of ether oxygens (including phenoxy) is 1. The second-order valence-electron chi connectivity index (χ2n) is 6.72. The number of rotatable bonds is 6. The van der Waals surface area contributed by atoms with Gasteiger partial charge < -0.3 is 14.6 Å². The van der Waals surface area contributed by atoms with Gasteiger partial charge in [-0.15, -0.1) is 0 Å². The predicted octanol–water partition coefficient (Wildman–Crippen LogP) is 4.89. The largest absolute Gasteiger partial charge is 0.497 e. The Hall–Kier alpha value is -3.25. The number of aromatic nitrogens is 3. The van der Waals surface area contributed by atoms with Crippen LogP contribution in [0, 0.1) is 0 Å². The molecule has 0 fully saturated rings. The Morgan fingerprint density at radius 2 is 2.07 bits per heavy atom. The summed E-state index contributed by atoms with van der Waals surface area (Å²) in [4.78, 5) is 12.3. The number of carbonyl (C=O) groups excluding carboxylic acids is 1. The molecule has 0 atom stereocenters. The summed E-state index contributed by atoms with van der Waals surface area (Å²) in [6.07, 6.45) is 0.234. The molecule has 0 radical (unpaired) electrons. The molecule has 0 bridgehead atoms. The number of H-pyrrole nitrogens is 1. The van der Waals surface area contributed by atoms with Gasteiger partial charge in [0.2, 0.25) is 5.91 Å². The number of carbonyl (C=O) groups is 1. The molecule has 29 heavy (non-hydrogen) atoms. The zero-order valence-electron chi connectivity index (χ0n) is 16.2. The van der Waals surface area contributed by atoms with Crippen molar-refractivity contribution in [1.29, 1.82) is 0 Å². The molecule has 4 rings (SSSR count).